The topological polar surface area (TPSA) is 169 Å². The number of pyridine rings is 1. The third-order valence-electron chi connectivity index (χ3n) is 6.27. The first-order valence-corrected chi connectivity index (χ1v) is 11.4. The van der Waals surface area contributed by atoms with E-state index in [-0.39, 0.29) is 46.1 Å². The molecule has 6 atom stereocenters. The molecule has 12 heteroatoms. The van der Waals surface area contributed by atoms with Gasteiger partial charge in [-0.25, -0.2) is 14.6 Å². The number of hydrogen-bond acceptors (Lipinski definition) is 8. The summed E-state index contributed by atoms with van der Waals surface area (Å²) in [6.07, 6.45) is 0.733. The zero-order chi connectivity index (χ0) is 24.0. The largest absolute Gasteiger partial charge is 0.478 e. The van der Waals surface area contributed by atoms with Crippen molar-refractivity contribution in [2.24, 2.45) is 11.8 Å². The van der Waals surface area contributed by atoms with E-state index in [1.165, 1.54) is 35.7 Å². The molecule has 1 aromatic heterocycles. The number of nitrogens with one attached hydrogen (secondary N) is 2. The van der Waals surface area contributed by atoms with Gasteiger partial charge < -0.3 is 30.9 Å². The molecule has 2 saturated heterocycles. The van der Waals surface area contributed by atoms with Gasteiger partial charge in [0.05, 0.1) is 29.7 Å². The van der Waals surface area contributed by atoms with E-state index in [0.29, 0.717) is 17.9 Å². The summed E-state index contributed by atoms with van der Waals surface area (Å²) in [7, 11) is 0. The predicted molar refractivity (Wildman–Crippen MR) is 117 cm³/mol. The summed E-state index contributed by atoms with van der Waals surface area (Å²) in [5.74, 6) is -3.61. The number of nitrogens with zero attached hydrogens (tertiary/aromatic N) is 2. The quantitative estimate of drug-likeness (QED) is 0.346. The molecule has 0 unspecified atom stereocenters. The fraction of sp³-hybridized carbons (Fsp3) is 0.476. The molecule has 0 bridgehead atoms. The molecule has 33 heavy (non-hydrogen) atoms. The average Bonchev–Trinajstić information content (AvgIpc) is 3.30. The summed E-state index contributed by atoms with van der Waals surface area (Å²) in [4.78, 5) is 53.7. The number of carbonyl (C=O) groups is 4. The third kappa shape index (κ3) is 4.09. The van der Waals surface area contributed by atoms with Gasteiger partial charge in [-0.05, 0) is 25.5 Å². The molecule has 1 aromatic rings. The minimum atomic E-state index is -1.18. The summed E-state index contributed by atoms with van der Waals surface area (Å²) in [5.41, 5.74) is -0.0207. The molecule has 0 aromatic carbocycles. The summed E-state index contributed by atoms with van der Waals surface area (Å²) in [6, 6.07) is 1.85. The molecule has 2 amide bonds. The number of thioether (sulfide) groups is 1. The minimum Gasteiger partial charge on any atom is -0.478 e. The number of aliphatic carboxylic acids is 1. The lowest BCUT2D eigenvalue weighted by molar-refractivity contribution is -0.163. The Morgan fingerprint density at radius 3 is 2.58 bits per heavy atom. The van der Waals surface area contributed by atoms with Crippen LogP contribution in [0.1, 0.15) is 30.6 Å². The number of β-lactam (4-membered cyclic amide) rings is 1. The third-order valence-corrected chi connectivity index (χ3v) is 7.78. The number of aromatic carboxylic acids is 1. The van der Waals surface area contributed by atoms with Gasteiger partial charge in [0, 0.05) is 28.8 Å². The van der Waals surface area contributed by atoms with Crippen molar-refractivity contribution in [1.82, 2.24) is 15.2 Å². The molecule has 0 saturated carbocycles. The lowest BCUT2D eigenvalue weighted by Crippen LogP contribution is -2.63. The van der Waals surface area contributed by atoms with Gasteiger partial charge in [0.2, 0.25) is 11.8 Å². The van der Waals surface area contributed by atoms with Crippen LogP contribution in [0.4, 0.5) is 5.82 Å². The number of anilines is 1. The van der Waals surface area contributed by atoms with Gasteiger partial charge in [0.25, 0.3) is 0 Å². The van der Waals surface area contributed by atoms with Crippen molar-refractivity contribution in [3.8, 4) is 0 Å². The van der Waals surface area contributed by atoms with Crippen LogP contribution in [0.25, 0.3) is 0 Å². The van der Waals surface area contributed by atoms with Crippen molar-refractivity contribution in [2.75, 3.05) is 11.9 Å². The number of amides is 2. The molecule has 0 aliphatic carbocycles. The van der Waals surface area contributed by atoms with Crippen molar-refractivity contribution in [1.29, 1.82) is 0 Å². The Kier molecular flexibility index (Phi) is 6.16. The highest BCUT2D eigenvalue weighted by atomic mass is 32.2. The fourth-order valence-electron chi connectivity index (χ4n) is 4.66. The van der Waals surface area contributed by atoms with E-state index in [1.807, 2.05) is 6.92 Å². The van der Waals surface area contributed by atoms with E-state index < -0.39 is 30.0 Å². The smallest absolute Gasteiger partial charge is 0.353 e. The second kappa shape index (κ2) is 8.76. The zero-order valence-corrected chi connectivity index (χ0v) is 18.7. The van der Waals surface area contributed by atoms with Crippen LogP contribution in [0, 0.1) is 11.8 Å². The van der Waals surface area contributed by atoms with Crippen LogP contribution >= 0.6 is 11.8 Å². The zero-order valence-electron chi connectivity index (χ0n) is 17.9. The number of aliphatic hydroxyl groups excluding tert-OH is 1. The van der Waals surface area contributed by atoms with Crippen molar-refractivity contribution in [2.45, 2.75) is 43.7 Å². The molecule has 4 heterocycles. The highest BCUT2D eigenvalue weighted by molar-refractivity contribution is 8.03. The number of carboxylic acid groups (broad SMARTS) is 2. The highest BCUT2D eigenvalue weighted by Gasteiger charge is 2.60. The summed E-state index contributed by atoms with van der Waals surface area (Å²) in [6.45, 7) is 3.86. The number of hydrogen-bond donors (Lipinski definition) is 5. The first-order valence-electron chi connectivity index (χ1n) is 10.5. The predicted octanol–water partition coefficient (Wildman–Crippen LogP) is 0.336. The number of fused-ring (bicyclic) bond motifs is 1. The number of aliphatic hydroxyl groups is 1. The second-order valence-corrected chi connectivity index (χ2v) is 9.78. The molecule has 4 rings (SSSR count). The van der Waals surface area contributed by atoms with E-state index in [9.17, 15) is 29.4 Å². The van der Waals surface area contributed by atoms with Crippen molar-refractivity contribution in [3.63, 3.8) is 0 Å². The Hall–Kier alpha value is -2.96. The average molecular weight is 477 g/mol. The number of rotatable bonds is 7. The van der Waals surface area contributed by atoms with Gasteiger partial charge in [-0.1, -0.05) is 6.92 Å². The fourth-order valence-corrected chi connectivity index (χ4v) is 6.14. The van der Waals surface area contributed by atoms with Crippen LogP contribution in [0.2, 0.25) is 0 Å². The van der Waals surface area contributed by atoms with Crippen LogP contribution in [-0.2, 0) is 14.4 Å². The van der Waals surface area contributed by atoms with Crippen molar-refractivity contribution >= 4 is 41.3 Å². The first-order chi connectivity index (χ1) is 15.6. The first kappa shape index (κ1) is 23.2. The van der Waals surface area contributed by atoms with Crippen LogP contribution in [0.3, 0.4) is 0 Å². The lowest BCUT2D eigenvalue weighted by atomic mass is 9.79. The molecule has 3 aliphatic rings. The Labute approximate surface area is 193 Å². The maximum Gasteiger partial charge on any atom is 0.353 e. The van der Waals surface area contributed by atoms with E-state index in [0.717, 1.165) is 6.20 Å². The summed E-state index contributed by atoms with van der Waals surface area (Å²) >= 11 is 1.36. The van der Waals surface area contributed by atoms with Crippen LogP contribution in [0.5, 0.6) is 0 Å². The maximum absolute atomic E-state index is 12.6. The summed E-state index contributed by atoms with van der Waals surface area (Å²) < 4.78 is 0. The molecular formula is C21H24N4O7S. The molecule has 2 fully saturated rings. The molecule has 3 aliphatic heterocycles. The van der Waals surface area contributed by atoms with E-state index >= 15 is 0 Å². The molecule has 11 nitrogen and oxygen atoms in total. The van der Waals surface area contributed by atoms with Crippen LogP contribution in [-0.4, -0.2) is 78.9 Å². The van der Waals surface area contributed by atoms with Gasteiger partial charge in [-0.2, -0.15) is 0 Å². The molecule has 0 radical (unpaired) electrons. The van der Waals surface area contributed by atoms with Gasteiger partial charge in [-0.3, -0.25) is 9.59 Å². The van der Waals surface area contributed by atoms with Crippen LogP contribution < -0.4 is 10.6 Å². The van der Waals surface area contributed by atoms with Gasteiger partial charge in [0.1, 0.15) is 11.5 Å². The van der Waals surface area contributed by atoms with Gasteiger partial charge in [0.15, 0.2) is 0 Å². The Balaban J connectivity index is 1.41. The minimum absolute atomic E-state index is 0.0117. The molecule has 5 N–H and O–H groups in total. The molecular weight excluding hydrogens is 452 g/mol. The SMILES string of the molecule is C[C@@H](O)[C@H]1C(=O)N2C(C(=O)O)=C(S[C@@H]3CN[C@H](C(=O)Nc4ccc(C(=O)O)cn4)C3)[C@H](C)[C@H]12. The number of carbonyl (C=O) groups excluding carboxylic acids is 2. The Bertz CT molecular complexity index is 1040. The van der Waals surface area contributed by atoms with Crippen molar-refractivity contribution < 1.29 is 34.5 Å². The Morgan fingerprint density at radius 1 is 1.27 bits per heavy atom. The second-order valence-electron chi connectivity index (χ2n) is 8.43. The van der Waals surface area contributed by atoms with Gasteiger partial charge in [-0.15, -0.1) is 11.8 Å². The standard InChI is InChI=1S/C21H24N4O7S/c1-8-15-14(9(2)26)19(28)25(15)16(21(31)32)17(8)33-11-5-12(22-7-11)18(27)24-13-4-3-10(6-23-13)20(29)30/h3-4,6,8-9,11-12,14-15,22,26H,5,7H2,1-2H3,(H,29,30)(H,31,32)(H,23,24,27)/t8-,9-,11+,12+,14-,15-/m1/s1. The number of carboxylic acids is 2. The molecule has 0 spiro atoms. The van der Waals surface area contributed by atoms with Crippen molar-refractivity contribution in [3.05, 3.63) is 34.5 Å². The van der Waals surface area contributed by atoms with E-state index in [4.69, 9.17) is 5.11 Å². The normalized spacial score (nSPS) is 29.5. The number of aromatic nitrogens is 1. The molecule has 176 valence electrons. The lowest BCUT2D eigenvalue weighted by Gasteiger charge is -2.46. The monoisotopic (exact) mass is 476 g/mol. The highest BCUT2D eigenvalue weighted by Crippen LogP contribution is 2.51. The Morgan fingerprint density at radius 2 is 2.00 bits per heavy atom. The summed E-state index contributed by atoms with van der Waals surface area (Å²) in [5, 5.41) is 34.3. The maximum atomic E-state index is 12.6. The van der Waals surface area contributed by atoms with E-state index in [2.05, 4.69) is 15.6 Å². The van der Waals surface area contributed by atoms with E-state index in [1.54, 1.807) is 0 Å². The van der Waals surface area contributed by atoms with Crippen LogP contribution in [0.15, 0.2) is 28.9 Å². The van der Waals surface area contributed by atoms with Gasteiger partial charge >= 0.3 is 11.9 Å².